The van der Waals surface area contributed by atoms with E-state index in [4.69, 9.17) is 10.5 Å². The first-order valence-corrected chi connectivity index (χ1v) is 6.09. The molecule has 1 aromatic heterocycles. The van der Waals surface area contributed by atoms with E-state index in [0.29, 0.717) is 18.1 Å². The number of aromatic nitrogens is 1. The molecule has 112 valence electrons. The summed E-state index contributed by atoms with van der Waals surface area (Å²) in [6.45, 7) is 0.345. The maximum absolute atomic E-state index is 12.7. The minimum Gasteiger partial charge on any atom is -0.481 e. The quantitative estimate of drug-likeness (QED) is 0.850. The average molecular weight is 297 g/mol. The molecular weight excluding hydrogens is 283 g/mol. The third-order valence-electron chi connectivity index (χ3n) is 2.86. The van der Waals surface area contributed by atoms with Crippen LogP contribution in [0.5, 0.6) is 5.88 Å². The summed E-state index contributed by atoms with van der Waals surface area (Å²) in [5, 5.41) is 2.90. The van der Waals surface area contributed by atoms with Crippen LogP contribution in [0.4, 0.5) is 24.5 Å². The second-order valence-corrected chi connectivity index (χ2v) is 4.36. The molecule has 0 saturated heterocycles. The lowest BCUT2D eigenvalue weighted by Crippen LogP contribution is -2.10. The van der Waals surface area contributed by atoms with Crippen molar-refractivity contribution >= 4 is 11.4 Å². The van der Waals surface area contributed by atoms with Gasteiger partial charge >= 0.3 is 6.18 Å². The highest BCUT2D eigenvalue weighted by molar-refractivity contribution is 5.58. The van der Waals surface area contributed by atoms with Gasteiger partial charge in [0.2, 0.25) is 5.88 Å². The molecule has 1 heterocycles. The maximum Gasteiger partial charge on any atom is 0.418 e. The fraction of sp³-hybridized carbons (Fsp3) is 0.214. The summed E-state index contributed by atoms with van der Waals surface area (Å²) in [7, 11) is 1.51. The predicted molar refractivity (Wildman–Crippen MR) is 74.0 cm³/mol. The van der Waals surface area contributed by atoms with Crippen LogP contribution in [0, 0.1) is 0 Å². The Hall–Kier alpha value is -2.44. The van der Waals surface area contributed by atoms with Crippen LogP contribution in [-0.4, -0.2) is 12.1 Å². The summed E-state index contributed by atoms with van der Waals surface area (Å²) in [4.78, 5) is 4.02. The Bertz CT molecular complexity index is 612. The summed E-state index contributed by atoms with van der Waals surface area (Å²) in [5.74, 6) is 0.477. The zero-order chi connectivity index (χ0) is 15.5. The minimum atomic E-state index is -4.47. The molecule has 1 aromatic carbocycles. The summed E-state index contributed by atoms with van der Waals surface area (Å²) in [6.07, 6.45) is -2.88. The zero-order valence-electron chi connectivity index (χ0n) is 11.2. The van der Waals surface area contributed by atoms with Crippen LogP contribution >= 0.6 is 0 Å². The molecule has 0 unspecified atom stereocenters. The topological polar surface area (TPSA) is 60.2 Å². The zero-order valence-corrected chi connectivity index (χ0v) is 11.2. The van der Waals surface area contributed by atoms with Crippen LogP contribution in [0.2, 0.25) is 0 Å². The number of alkyl halides is 3. The van der Waals surface area contributed by atoms with Crippen molar-refractivity contribution in [2.75, 3.05) is 18.2 Å². The van der Waals surface area contributed by atoms with E-state index in [1.165, 1.54) is 19.2 Å². The summed E-state index contributed by atoms with van der Waals surface area (Å²) < 4.78 is 43.2. The van der Waals surface area contributed by atoms with E-state index < -0.39 is 11.7 Å². The third kappa shape index (κ3) is 3.77. The molecule has 0 spiro atoms. The fourth-order valence-electron chi connectivity index (χ4n) is 1.75. The van der Waals surface area contributed by atoms with Gasteiger partial charge in [-0.15, -0.1) is 0 Å². The highest BCUT2D eigenvalue weighted by atomic mass is 19.4. The van der Waals surface area contributed by atoms with E-state index in [1.807, 2.05) is 0 Å². The van der Waals surface area contributed by atoms with Crippen molar-refractivity contribution in [2.24, 2.45) is 0 Å². The third-order valence-corrected chi connectivity index (χ3v) is 2.86. The lowest BCUT2D eigenvalue weighted by molar-refractivity contribution is -0.136. The largest absolute Gasteiger partial charge is 0.481 e. The van der Waals surface area contributed by atoms with Gasteiger partial charge in [0.25, 0.3) is 0 Å². The predicted octanol–water partition coefficient (Wildman–Crippen LogP) is 3.30. The van der Waals surface area contributed by atoms with Gasteiger partial charge in [-0.2, -0.15) is 13.2 Å². The van der Waals surface area contributed by atoms with E-state index in [1.54, 1.807) is 18.3 Å². The Labute approximate surface area is 119 Å². The monoisotopic (exact) mass is 297 g/mol. The lowest BCUT2D eigenvalue weighted by atomic mass is 10.1. The van der Waals surface area contributed by atoms with Gasteiger partial charge in [0, 0.05) is 30.2 Å². The van der Waals surface area contributed by atoms with Gasteiger partial charge in [0.1, 0.15) is 0 Å². The van der Waals surface area contributed by atoms with Crippen LogP contribution in [-0.2, 0) is 12.7 Å². The fourth-order valence-corrected chi connectivity index (χ4v) is 1.75. The molecule has 7 heteroatoms. The number of hydrogen-bond acceptors (Lipinski definition) is 4. The molecule has 0 atom stereocenters. The van der Waals surface area contributed by atoms with Crippen molar-refractivity contribution in [3.8, 4) is 5.88 Å². The van der Waals surface area contributed by atoms with Crippen molar-refractivity contribution < 1.29 is 17.9 Å². The highest BCUT2D eigenvalue weighted by Crippen LogP contribution is 2.35. The molecule has 0 amide bonds. The molecule has 21 heavy (non-hydrogen) atoms. The second kappa shape index (κ2) is 5.90. The van der Waals surface area contributed by atoms with Gasteiger partial charge in [-0.25, -0.2) is 4.98 Å². The molecule has 0 aliphatic rings. The van der Waals surface area contributed by atoms with Gasteiger partial charge in [0.05, 0.1) is 12.7 Å². The number of benzene rings is 1. The number of nitrogens with two attached hydrogens (primary N) is 1. The van der Waals surface area contributed by atoms with Crippen LogP contribution in [0.3, 0.4) is 0 Å². The van der Waals surface area contributed by atoms with Crippen LogP contribution in [0.1, 0.15) is 11.1 Å². The van der Waals surface area contributed by atoms with Gasteiger partial charge in [-0.3, -0.25) is 0 Å². The molecule has 0 radical (unpaired) electrons. The Morgan fingerprint density at radius 2 is 2.00 bits per heavy atom. The number of anilines is 2. The van der Waals surface area contributed by atoms with Crippen molar-refractivity contribution in [1.82, 2.24) is 4.98 Å². The summed E-state index contributed by atoms with van der Waals surface area (Å²) in [5.41, 5.74) is 5.36. The molecule has 2 aromatic rings. The van der Waals surface area contributed by atoms with E-state index in [9.17, 15) is 13.2 Å². The van der Waals surface area contributed by atoms with Gasteiger partial charge in [-0.1, -0.05) is 6.07 Å². The Morgan fingerprint density at radius 3 is 2.57 bits per heavy atom. The number of nitrogen functional groups attached to an aromatic ring is 1. The number of nitrogens with zero attached hydrogens (tertiary/aromatic N) is 1. The van der Waals surface area contributed by atoms with E-state index in [2.05, 4.69) is 10.3 Å². The second-order valence-electron chi connectivity index (χ2n) is 4.36. The van der Waals surface area contributed by atoms with E-state index in [-0.39, 0.29) is 5.69 Å². The number of methoxy groups -OCH3 is 1. The smallest absolute Gasteiger partial charge is 0.418 e. The molecule has 0 aliphatic carbocycles. The number of nitrogens with one attached hydrogen (secondary N) is 1. The minimum absolute atomic E-state index is 0.292. The van der Waals surface area contributed by atoms with Crippen LogP contribution in [0.15, 0.2) is 36.5 Å². The summed E-state index contributed by atoms with van der Waals surface area (Å²) in [6, 6.07) is 7.19. The first-order valence-electron chi connectivity index (χ1n) is 6.09. The highest BCUT2D eigenvalue weighted by Gasteiger charge is 2.33. The standard InChI is InChI=1S/C14H14F3N3O/c1-21-13-5-2-9(8-20-13)7-19-10-3-4-12(18)11(6-10)14(15,16)17/h2-6,8,19H,7,18H2,1H3. The number of pyridine rings is 1. The van der Waals surface area contributed by atoms with Gasteiger partial charge in [0.15, 0.2) is 0 Å². The molecule has 4 nitrogen and oxygen atoms in total. The van der Waals surface area contributed by atoms with E-state index in [0.717, 1.165) is 11.6 Å². The first-order chi connectivity index (χ1) is 9.90. The molecule has 3 N–H and O–H groups in total. The SMILES string of the molecule is COc1ccc(CNc2ccc(N)c(C(F)(F)F)c2)cn1. The molecule has 2 rings (SSSR count). The number of halogens is 3. The number of rotatable bonds is 4. The molecular formula is C14H14F3N3O. The van der Waals surface area contributed by atoms with Crippen molar-refractivity contribution in [1.29, 1.82) is 0 Å². The Kier molecular flexibility index (Phi) is 4.21. The molecule has 0 aliphatic heterocycles. The number of ether oxygens (including phenoxy) is 1. The molecule has 0 saturated carbocycles. The van der Waals surface area contributed by atoms with Gasteiger partial charge in [-0.05, 0) is 23.8 Å². The number of hydrogen-bond donors (Lipinski definition) is 2. The summed E-state index contributed by atoms with van der Waals surface area (Å²) >= 11 is 0. The van der Waals surface area contributed by atoms with Crippen molar-refractivity contribution in [3.63, 3.8) is 0 Å². The van der Waals surface area contributed by atoms with Crippen LogP contribution in [0.25, 0.3) is 0 Å². The first kappa shape index (κ1) is 15.0. The van der Waals surface area contributed by atoms with Crippen LogP contribution < -0.4 is 15.8 Å². The molecule has 0 bridgehead atoms. The van der Waals surface area contributed by atoms with E-state index >= 15 is 0 Å². The van der Waals surface area contributed by atoms with Crippen molar-refractivity contribution in [2.45, 2.75) is 12.7 Å². The lowest BCUT2D eigenvalue weighted by Gasteiger charge is -2.13. The van der Waals surface area contributed by atoms with Gasteiger partial charge < -0.3 is 15.8 Å². The Balaban J connectivity index is 2.09. The normalized spacial score (nSPS) is 11.2. The maximum atomic E-state index is 12.7. The average Bonchev–Trinajstić information content (AvgIpc) is 2.45. The molecule has 0 fully saturated rings. The Morgan fingerprint density at radius 1 is 1.24 bits per heavy atom. The van der Waals surface area contributed by atoms with Crippen molar-refractivity contribution in [3.05, 3.63) is 47.7 Å².